The summed E-state index contributed by atoms with van der Waals surface area (Å²) >= 11 is 0. The zero-order valence-corrected chi connectivity index (χ0v) is 13.5. The zero-order chi connectivity index (χ0) is 16.2. The van der Waals surface area contributed by atoms with E-state index >= 15 is 0 Å². The first-order valence-electron chi connectivity index (χ1n) is 7.86. The molecular formula is C18H26O4. The molecule has 1 rings (SSSR count). The van der Waals surface area contributed by atoms with Crippen LogP contribution in [0.15, 0.2) is 36.9 Å². The van der Waals surface area contributed by atoms with Crippen LogP contribution in [0.2, 0.25) is 0 Å². The van der Waals surface area contributed by atoms with Crippen LogP contribution in [0.3, 0.4) is 0 Å². The van der Waals surface area contributed by atoms with Crippen LogP contribution in [0.4, 0.5) is 0 Å². The van der Waals surface area contributed by atoms with Crippen LogP contribution in [-0.4, -0.2) is 25.5 Å². The highest BCUT2D eigenvalue weighted by Gasteiger charge is 2.08. The van der Waals surface area contributed by atoms with Gasteiger partial charge in [0.05, 0.1) is 13.2 Å². The summed E-state index contributed by atoms with van der Waals surface area (Å²) in [6, 6.07) is 8.12. The number of carbonyl (C=O) groups is 1. The number of hydrogen-bond donors (Lipinski definition) is 0. The van der Waals surface area contributed by atoms with Crippen molar-refractivity contribution in [1.29, 1.82) is 0 Å². The molecule has 0 saturated carbocycles. The summed E-state index contributed by atoms with van der Waals surface area (Å²) in [5.74, 6) is 0.403. The molecule has 4 nitrogen and oxygen atoms in total. The summed E-state index contributed by atoms with van der Waals surface area (Å²) in [4.78, 5) is 10.9. The van der Waals surface area contributed by atoms with Gasteiger partial charge in [-0.3, -0.25) is 0 Å². The topological polar surface area (TPSA) is 44.8 Å². The Morgan fingerprint density at radius 1 is 1.23 bits per heavy atom. The van der Waals surface area contributed by atoms with Crippen LogP contribution in [0, 0.1) is 0 Å². The van der Waals surface area contributed by atoms with Crippen LogP contribution < -0.4 is 4.74 Å². The van der Waals surface area contributed by atoms with Crippen molar-refractivity contribution in [3.05, 3.63) is 42.5 Å². The predicted molar refractivity (Wildman–Crippen MR) is 86.9 cm³/mol. The Labute approximate surface area is 133 Å². The van der Waals surface area contributed by atoms with Gasteiger partial charge < -0.3 is 14.2 Å². The van der Waals surface area contributed by atoms with E-state index in [1.807, 2.05) is 19.1 Å². The molecule has 0 spiro atoms. The Morgan fingerprint density at radius 2 is 1.95 bits per heavy atom. The third-order valence-corrected chi connectivity index (χ3v) is 3.07. The Bertz CT molecular complexity index is 439. The van der Waals surface area contributed by atoms with Crippen molar-refractivity contribution in [1.82, 2.24) is 0 Å². The molecule has 0 fully saturated rings. The largest absolute Gasteiger partial charge is 0.465 e. The Hall–Kier alpha value is -1.81. The maximum atomic E-state index is 10.9. The molecule has 1 aromatic rings. The number of aryl methyl sites for hydroxylation is 1. The molecule has 0 aromatic heterocycles. The van der Waals surface area contributed by atoms with Crippen LogP contribution in [-0.2, 0) is 20.7 Å². The van der Waals surface area contributed by atoms with Gasteiger partial charge in [-0.1, -0.05) is 39.0 Å². The van der Waals surface area contributed by atoms with Gasteiger partial charge in [0.25, 0.3) is 0 Å². The van der Waals surface area contributed by atoms with Gasteiger partial charge >= 0.3 is 5.97 Å². The number of ether oxygens (including phenoxy) is 3. The van der Waals surface area contributed by atoms with Gasteiger partial charge in [-0.05, 0) is 24.1 Å². The molecule has 1 unspecified atom stereocenters. The molecule has 0 radical (unpaired) electrons. The van der Waals surface area contributed by atoms with Crippen LogP contribution in [0.25, 0.3) is 0 Å². The van der Waals surface area contributed by atoms with Gasteiger partial charge in [0.15, 0.2) is 6.29 Å². The second kappa shape index (κ2) is 10.9. The van der Waals surface area contributed by atoms with E-state index < -0.39 is 5.97 Å². The minimum atomic E-state index is -0.407. The molecule has 1 atom stereocenters. The van der Waals surface area contributed by atoms with Gasteiger partial charge in [0.1, 0.15) is 5.75 Å². The van der Waals surface area contributed by atoms with Crippen LogP contribution in [0.5, 0.6) is 5.75 Å². The van der Waals surface area contributed by atoms with E-state index in [1.165, 1.54) is 5.56 Å². The fourth-order valence-electron chi connectivity index (χ4n) is 1.92. The molecule has 4 heteroatoms. The normalized spacial score (nSPS) is 11.7. The fourth-order valence-corrected chi connectivity index (χ4v) is 1.92. The van der Waals surface area contributed by atoms with Crippen LogP contribution >= 0.6 is 0 Å². The molecule has 0 amide bonds. The average molecular weight is 306 g/mol. The molecule has 0 aliphatic heterocycles. The van der Waals surface area contributed by atoms with Gasteiger partial charge in [-0.25, -0.2) is 4.79 Å². The summed E-state index contributed by atoms with van der Waals surface area (Å²) in [5.41, 5.74) is 1.31. The minimum Gasteiger partial charge on any atom is -0.465 e. The van der Waals surface area contributed by atoms with E-state index in [9.17, 15) is 4.79 Å². The lowest BCUT2D eigenvalue weighted by molar-refractivity contribution is -0.138. The van der Waals surface area contributed by atoms with E-state index in [0.29, 0.717) is 19.6 Å². The second-order valence-electron chi connectivity index (χ2n) is 4.95. The van der Waals surface area contributed by atoms with Gasteiger partial charge in [-0.15, -0.1) is 0 Å². The highest BCUT2D eigenvalue weighted by molar-refractivity contribution is 5.81. The van der Waals surface area contributed by atoms with Crippen LogP contribution in [0.1, 0.15) is 38.7 Å². The van der Waals surface area contributed by atoms with E-state index in [2.05, 4.69) is 25.6 Å². The Kier molecular flexibility index (Phi) is 9.00. The fraction of sp³-hybridized carbons (Fsp3) is 0.500. The maximum Gasteiger partial charge on any atom is 0.330 e. The number of carbonyl (C=O) groups excluding carboxylic acids is 1. The van der Waals surface area contributed by atoms with Crippen molar-refractivity contribution in [2.24, 2.45) is 0 Å². The van der Waals surface area contributed by atoms with Crippen molar-refractivity contribution in [3.8, 4) is 5.75 Å². The van der Waals surface area contributed by atoms with Gasteiger partial charge in [0, 0.05) is 18.9 Å². The minimum absolute atomic E-state index is 0.285. The van der Waals surface area contributed by atoms with Crippen molar-refractivity contribution < 1.29 is 19.0 Å². The lowest BCUT2D eigenvalue weighted by atomic mass is 10.1. The molecule has 0 saturated heterocycles. The van der Waals surface area contributed by atoms with Crippen molar-refractivity contribution in [2.75, 3.05) is 13.2 Å². The molecule has 22 heavy (non-hydrogen) atoms. The van der Waals surface area contributed by atoms with Crippen molar-refractivity contribution in [3.63, 3.8) is 0 Å². The molecule has 0 heterocycles. The molecule has 0 N–H and O–H groups in total. The summed E-state index contributed by atoms with van der Waals surface area (Å²) in [5, 5.41) is 0. The summed E-state index contributed by atoms with van der Waals surface area (Å²) in [6.45, 7) is 8.32. The second-order valence-corrected chi connectivity index (χ2v) is 4.95. The lowest BCUT2D eigenvalue weighted by Gasteiger charge is -2.18. The highest BCUT2D eigenvalue weighted by Crippen LogP contribution is 2.16. The van der Waals surface area contributed by atoms with Gasteiger partial charge in [0.2, 0.25) is 0 Å². The van der Waals surface area contributed by atoms with E-state index in [1.54, 1.807) is 0 Å². The SMILES string of the molecule is C=CC(=O)OCCCOC(CC)Oc1ccc(CCC)cc1. The first kappa shape index (κ1) is 18.2. The predicted octanol–water partition coefficient (Wildman–Crippen LogP) is 3.89. The lowest BCUT2D eigenvalue weighted by Crippen LogP contribution is -2.21. The maximum absolute atomic E-state index is 10.9. The monoisotopic (exact) mass is 306 g/mol. The van der Waals surface area contributed by atoms with Crippen molar-refractivity contribution in [2.45, 2.75) is 45.8 Å². The number of hydrogen-bond acceptors (Lipinski definition) is 4. The molecule has 122 valence electrons. The third kappa shape index (κ3) is 7.27. The number of esters is 1. The van der Waals surface area contributed by atoms with E-state index in [4.69, 9.17) is 14.2 Å². The molecule has 1 aromatic carbocycles. The third-order valence-electron chi connectivity index (χ3n) is 3.07. The van der Waals surface area contributed by atoms with Gasteiger partial charge in [-0.2, -0.15) is 0 Å². The number of rotatable bonds is 11. The van der Waals surface area contributed by atoms with E-state index in [0.717, 1.165) is 31.1 Å². The standard InChI is InChI=1S/C18H26O4/c1-4-8-15-9-11-16(12-10-15)22-18(6-3)21-14-7-13-20-17(19)5-2/h5,9-12,18H,2,4,6-8,13-14H2,1,3H3. The summed E-state index contributed by atoms with van der Waals surface area (Å²) < 4.78 is 16.3. The summed E-state index contributed by atoms with van der Waals surface area (Å²) in [6.07, 6.45) is 4.47. The molecule has 0 aliphatic carbocycles. The molecule has 0 aliphatic rings. The zero-order valence-electron chi connectivity index (χ0n) is 13.5. The smallest absolute Gasteiger partial charge is 0.330 e. The Morgan fingerprint density at radius 3 is 2.55 bits per heavy atom. The number of benzene rings is 1. The highest BCUT2D eigenvalue weighted by atomic mass is 16.7. The first-order chi connectivity index (χ1) is 10.7. The molecular weight excluding hydrogens is 280 g/mol. The quantitative estimate of drug-likeness (QED) is 0.269. The summed E-state index contributed by atoms with van der Waals surface area (Å²) in [7, 11) is 0. The van der Waals surface area contributed by atoms with Crippen molar-refractivity contribution >= 4 is 5.97 Å². The van der Waals surface area contributed by atoms with E-state index in [-0.39, 0.29) is 6.29 Å². The average Bonchev–Trinajstić information content (AvgIpc) is 2.55. The Balaban J connectivity index is 2.29. The first-order valence-corrected chi connectivity index (χ1v) is 7.86. The molecule has 0 bridgehead atoms.